The lowest BCUT2D eigenvalue weighted by Crippen LogP contribution is -2.71. The molecule has 1 heterocycles. The quantitative estimate of drug-likeness (QED) is 0.309. The minimum atomic E-state index is -2.49. The van der Waals surface area contributed by atoms with Crippen molar-refractivity contribution < 1.29 is 0 Å². The molecule has 1 atom stereocenters. The molecule has 34 heavy (non-hydrogen) atoms. The lowest BCUT2D eigenvalue weighted by atomic mass is 10.2. The van der Waals surface area contributed by atoms with Gasteiger partial charge in [-0.3, -0.25) is 10.0 Å². The lowest BCUT2D eigenvalue weighted by molar-refractivity contribution is 0.676. The molecular weight excluding hydrogens is 428 g/mol. The Morgan fingerprint density at radius 3 is 1.62 bits per heavy atom. The van der Waals surface area contributed by atoms with Crippen molar-refractivity contribution in [1.82, 2.24) is 0 Å². The zero-order chi connectivity index (χ0) is 23.8. The van der Waals surface area contributed by atoms with Gasteiger partial charge in [-0.15, -0.1) is 0 Å². The fourth-order valence-corrected chi connectivity index (χ4v) is 12.4. The smallest absolute Gasteiger partial charge is 0.154 e. The van der Waals surface area contributed by atoms with Crippen LogP contribution in [0.5, 0.6) is 0 Å². The predicted octanol–water partition coefficient (Wildman–Crippen LogP) is 6.59. The Bertz CT molecular complexity index is 1190. The van der Waals surface area contributed by atoms with Crippen molar-refractivity contribution in [2.45, 2.75) is 38.4 Å². The Morgan fingerprint density at radius 1 is 0.647 bits per heavy atom. The van der Waals surface area contributed by atoms with Crippen molar-refractivity contribution in [3.63, 3.8) is 0 Å². The largest absolute Gasteiger partial charge is 0.285 e. The lowest BCUT2D eigenvalue weighted by Gasteiger charge is -2.52. The van der Waals surface area contributed by atoms with Crippen molar-refractivity contribution in [2.75, 3.05) is 16.6 Å². The fraction of sp³-hybridized carbons (Fsp3) is 0.226. The van der Waals surface area contributed by atoms with E-state index in [9.17, 15) is 0 Å². The number of hydrogen-bond donors (Lipinski definition) is 0. The van der Waals surface area contributed by atoms with E-state index < -0.39 is 8.07 Å². The van der Waals surface area contributed by atoms with Gasteiger partial charge in [0.15, 0.2) is 8.07 Å². The Kier molecular flexibility index (Phi) is 5.82. The van der Waals surface area contributed by atoms with Gasteiger partial charge in [0, 0.05) is 6.54 Å². The second kappa shape index (κ2) is 8.81. The molecule has 0 saturated heterocycles. The van der Waals surface area contributed by atoms with E-state index >= 15 is 0 Å². The van der Waals surface area contributed by atoms with Gasteiger partial charge >= 0.3 is 0 Å². The molecule has 5 rings (SSSR count). The average Bonchev–Trinajstić information content (AvgIpc) is 3.20. The van der Waals surface area contributed by atoms with E-state index in [0.29, 0.717) is 0 Å². The normalized spacial score (nSPS) is 15.9. The van der Waals surface area contributed by atoms with Gasteiger partial charge in [0.05, 0.1) is 17.0 Å². The molecule has 0 bridgehead atoms. The number of benzene rings is 4. The number of fused-ring (bicyclic) bond motifs is 1. The molecule has 0 amide bonds. The van der Waals surface area contributed by atoms with Crippen molar-refractivity contribution in [3.05, 3.63) is 121 Å². The van der Waals surface area contributed by atoms with Crippen LogP contribution in [0.25, 0.3) is 0 Å². The number of anilines is 2. The van der Waals surface area contributed by atoms with E-state index in [1.165, 1.54) is 27.3 Å². The van der Waals surface area contributed by atoms with Crippen LogP contribution in [0.15, 0.2) is 115 Å². The van der Waals surface area contributed by atoms with E-state index in [0.717, 1.165) is 6.54 Å². The number of para-hydroxylation sites is 2. The minimum Gasteiger partial charge on any atom is -0.285 e. The Labute approximate surface area is 205 Å². The zero-order valence-electron chi connectivity index (χ0n) is 20.6. The highest BCUT2D eigenvalue weighted by atomic mass is 28.3. The van der Waals surface area contributed by atoms with Crippen LogP contribution in [-0.4, -0.2) is 14.6 Å². The van der Waals surface area contributed by atoms with Crippen LogP contribution >= 0.6 is 0 Å². The van der Waals surface area contributed by atoms with Crippen molar-refractivity contribution >= 4 is 29.8 Å². The second-order valence-electron chi connectivity index (χ2n) is 10.1. The summed E-state index contributed by atoms with van der Waals surface area (Å²) in [6, 6.07) is 42.7. The minimum absolute atomic E-state index is 0.0459. The maximum absolute atomic E-state index is 2.61. The van der Waals surface area contributed by atoms with Gasteiger partial charge < -0.3 is 0 Å². The molecule has 0 radical (unpaired) electrons. The van der Waals surface area contributed by atoms with E-state index in [2.05, 4.69) is 153 Å². The Hall–Kier alpha value is -3.30. The van der Waals surface area contributed by atoms with Gasteiger partial charge in [0.25, 0.3) is 0 Å². The third kappa shape index (κ3) is 3.38. The molecule has 4 aromatic carbocycles. The first-order valence-corrected chi connectivity index (χ1v) is 14.4. The molecule has 3 heteroatoms. The molecule has 0 saturated carbocycles. The molecule has 2 nitrogen and oxygen atoms in total. The Morgan fingerprint density at radius 2 is 1.12 bits per heavy atom. The van der Waals surface area contributed by atoms with Crippen LogP contribution < -0.4 is 20.4 Å². The molecule has 1 aliphatic heterocycles. The summed E-state index contributed by atoms with van der Waals surface area (Å²) in [5, 5.41) is 8.11. The van der Waals surface area contributed by atoms with E-state index in [-0.39, 0.29) is 10.7 Å². The zero-order valence-corrected chi connectivity index (χ0v) is 21.6. The molecule has 0 N–H and O–H groups in total. The van der Waals surface area contributed by atoms with Crippen LogP contribution in [0.3, 0.4) is 0 Å². The topological polar surface area (TPSA) is 6.48 Å². The third-order valence-corrected chi connectivity index (χ3v) is 13.6. The van der Waals surface area contributed by atoms with Crippen LogP contribution in [0.4, 0.5) is 11.4 Å². The molecular formula is C31H34N2Si. The molecule has 1 aliphatic rings. The number of rotatable bonds is 5. The summed E-state index contributed by atoms with van der Waals surface area (Å²) in [4.78, 5) is 0. The first kappa shape index (κ1) is 22.5. The Balaban J connectivity index is 1.91. The monoisotopic (exact) mass is 462 g/mol. The van der Waals surface area contributed by atoms with Crippen molar-refractivity contribution in [1.29, 1.82) is 0 Å². The van der Waals surface area contributed by atoms with E-state index in [1.807, 2.05) is 0 Å². The van der Waals surface area contributed by atoms with Gasteiger partial charge in [0.1, 0.15) is 0 Å². The van der Waals surface area contributed by atoms with Crippen LogP contribution in [0.2, 0.25) is 5.04 Å². The summed E-state index contributed by atoms with van der Waals surface area (Å²) in [7, 11) is -2.49. The van der Waals surface area contributed by atoms with Crippen LogP contribution in [0.1, 0.15) is 38.9 Å². The van der Waals surface area contributed by atoms with Crippen LogP contribution in [-0.2, 0) is 0 Å². The molecule has 0 aliphatic carbocycles. The van der Waals surface area contributed by atoms with E-state index in [1.54, 1.807) is 0 Å². The summed E-state index contributed by atoms with van der Waals surface area (Å²) in [6.07, 6.45) is 0. The summed E-state index contributed by atoms with van der Waals surface area (Å²) in [6.45, 7) is 10.6. The standard InChI is InChI=1S/C31H34N2Si/c1-5-32-29-24-16-15-23-28(29)30(33(32)25-17-9-6-10-18-25)34(31(2,3)4,26-19-11-7-12-20-26)27-21-13-8-14-22-27/h6-24,30H,5H2,1-4H3. The fourth-order valence-electron chi connectivity index (χ4n) is 6.11. The SMILES string of the molecule is CCN1c2ccccc2C([Si](c2ccccc2)(c2ccccc2)C(C)(C)C)N1c1ccccc1. The maximum Gasteiger partial charge on any atom is 0.154 e. The summed E-state index contributed by atoms with van der Waals surface area (Å²) in [5.41, 5.74) is 4.23. The number of nitrogens with zero attached hydrogens (tertiary/aromatic N) is 2. The molecule has 172 valence electrons. The molecule has 0 spiro atoms. The molecule has 0 aromatic heterocycles. The third-order valence-electron chi connectivity index (χ3n) is 7.39. The van der Waals surface area contributed by atoms with Crippen molar-refractivity contribution in [3.8, 4) is 0 Å². The van der Waals surface area contributed by atoms with Gasteiger partial charge in [-0.1, -0.05) is 128 Å². The molecule has 0 fully saturated rings. The second-order valence-corrected chi connectivity index (χ2v) is 15.0. The number of hydrogen-bond acceptors (Lipinski definition) is 2. The number of hydrazine groups is 1. The van der Waals surface area contributed by atoms with E-state index in [4.69, 9.17) is 0 Å². The highest BCUT2D eigenvalue weighted by molar-refractivity contribution is 7.05. The summed E-state index contributed by atoms with van der Waals surface area (Å²) < 4.78 is 0. The van der Waals surface area contributed by atoms with Gasteiger partial charge in [-0.2, -0.15) is 0 Å². The van der Waals surface area contributed by atoms with Crippen molar-refractivity contribution in [2.24, 2.45) is 0 Å². The molecule has 1 unspecified atom stereocenters. The van der Waals surface area contributed by atoms with Crippen LogP contribution in [0, 0.1) is 0 Å². The van der Waals surface area contributed by atoms with Gasteiger partial charge in [-0.05, 0) is 35.7 Å². The van der Waals surface area contributed by atoms with Gasteiger partial charge in [0.2, 0.25) is 0 Å². The highest BCUT2D eigenvalue weighted by Gasteiger charge is 2.59. The molecule has 4 aromatic rings. The average molecular weight is 463 g/mol. The maximum atomic E-state index is 2.61. The first-order valence-electron chi connectivity index (χ1n) is 12.3. The first-order chi connectivity index (χ1) is 16.5. The summed E-state index contributed by atoms with van der Waals surface area (Å²) in [5.74, 6) is 0. The van der Waals surface area contributed by atoms with Gasteiger partial charge in [-0.25, -0.2) is 0 Å². The summed E-state index contributed by atoms with van der Waals surface area (Å²) >= 11 is 0. The highest BCUT2D eigenvalue weighted by Crippen LogP contribution is 2.53. The predicted molar refractivity (Wildman–Crippen MR) is 149 cm³/mol.